The van der Waals surface area contributed by atoms with Crippen LogP contribution in [0.15, 0.2) is 29.4 Å². The van der Waals surface area contributed by atoms with Gasteiger partial charge in [-0.2, -0.15) is 0 Å². The molecule has 2 rings (SSSR count). The van der Waals surface area contributed by atoms with Gasteiger partial charge in [0.1, 0.15) is 12.4 Å². The lowest BCUT2D eigenvalue weighted by molar-refractivity contribution is -0.128. The summed E-state index contributed by atoms with van der Waals surface area (Å²) in [4.78, 5) is 34.8. The van der Waals surface area contributed by atoms with Gasteiger partial charge in [-0.15, -0.1) is 0 Å². The predicted molar refractivity (Wildman–Crippen MR) is 126 cm³/mol. The van der Waals surface area contributed by atoms with Gasteiger partial charge in [0.25, 0.3) is 5.91 Å². The summed E-state index contributed by atoms with van der Waals surface area (Å²) in [5, 5.41) is 14.7. The summed E-state index contributed by atoms with van der Waals surface area (Å²) in [5.41, 5.74) is 0.305. The number of hydrogen-bond donors (Lipinski definition) is 3. The standard InChI is InChI=1S/C21H22F3IN4O5/c1-12(31)29(2)5-7-33-26-11-13-9-15(21(32)28-34-8-6-30)20(19(24)18(13)23)27-17-4-3-14(25)10-16(17)22/h3-4,9-11,27,30H,5-8H2,1-2H3,(H,28,32)/b26-11+. The van der Waals surface area contributed by atoms with Crippen LogP contribution in [0.25, 0.3) is 0 Å². The number of anilines is 2. The first-order valence-electron chi connectivity index (χ1n) is 9.79. The van der Waals surface area contributed by atoms with Crippen LogP contribution in [0.3, 0.4) is 0 Å². The highest BCUT2D eigenvalue weighted by Crippen LogP contribution is 2.30. The van der Waals surface area contributed by atoms with Crippen molar-refractivity contribution in [2.24, 2.45) is 5.16 Å². The lowest BCUT2D eigenvalue weighted by Crippen LogP contribution is -2.27. The van der Waals surface area contributed by atoms with Gasteiger partial charge in [-0.05, 0) is 46.9 Å². The Labute approximate surface area is 207 Å². The van der Waals surface area contributed by atoms with Gasteiger partial charge in [-0.3, -0.25) is 14.4 Å². The molecule has 0 radical (unpaired) electrons. The predicted octanol–water partition coefficient (Wildman–Crippen LogP) is 2.93. The number of oxime groups is 1. The summed E-state index contributed by atoms with van der Waals surface area (Å²) in [6, 6.07) is 4.98. The molecule has 0 aliphatic heterocycles. The Hall–Kier alpha value is -2.91. The molecule has 0 atom stereocenters. The molecule has 0 spiro atoms. The van der Waals surface area contributed by atoms with Crippen LogP contribution < -0.4 is 10.8 Å². The average Bonchev–Trinajstić information content (AvgIpc) is 2.79. The number of rotatable bonds is 11. The van der Waals surface area contributed by atoms with Crippen molar-refractivity contribution >= 4 is 52.0 Å². The Morgan fingerprint density at radius 3 is 2.59 bits per heavy atom. The van der Waals surface area contributed by atoms with Crippen LogP contribution >= 0.6 is 22.6 Å². The Kier molecular flexibility index (Phi) is 10.5. The zero-order valence-electron chi connectivity index (χ0n) is 18.2. The number of carbonyl (C=O) groups is 2. The molecule has 0 aromatic heterocycles. The smallest absolute Gasteiger partial charge is 0.277 e. The molecule has 0 unspecified atom stereocenters. The number of hydroxylamine groups is 1. The molecule has 0 bridgehead atoms. The van der Waals surface area contributed by atoms with E-state index in [0.29, 0.717) is 3.57 Å². The van der Waals surface area contributed by atoms with E-state index in [1.165, 1.54) is 30.0 Å². The summed E-state index contributed by atoms with van der Waals surface area (Å²) >= 11 is 1.88. The first-order chi connectivity index (χ1) is 16.1. The van der Waals surface area contributed by atoms with Gasteiger partial charge in [0.05, 0.1) is 42.9 Å². The number of likely N-dealkylation sites (N-methyl/N-ethyl adjacent to an activating group) is 1. The summed E-state index contributed by atoms with van der Waals surface area (Å²) in [5.74, 6) is -4.75. The first-order valence-corrected chi connectivity index (χ1v) is 10.9. The van der Waals surface area contributed by atoms with Crippen molar-refractivity contribution in [2.75, 3.05) is 38.7 Å². The van der Waals surface area contributed by atoms with Crippen molar-refractivity contribution in [2.45, 2.75) is 6.92 Å². The molecular weight excluding hydrogens is 572 g/mol. The summed E-state index contributed by atoms with van der Waals surface area (Å²) < 4.78 is 44.5. The van der Waals surface area contributed by atoms with E-state index in [1.807, 2.05) is 28.1 Å². The molecule has 34 heavy (non-hydrogen) atoms. The third-order valence-corrected chi connectivity index (χ3v) is 5.02. The van der Waals surface area contributed by atoms with Crippen molar-refractivity contribution in [3.8, 4) is 0 Å². The van der Waals surface area contributed by atoms with Gasteiger partial charge in [-0.25, -0.2) is 18.7 Å². The molecule has 13 heteroatoms. The van der Waals surface area contributed by atoms with E-state index in [4.69, 9.17) is 14.8 Å². The Balaban J connectivity index is 2.35. The monoisotopic (exact) mass is 594 g/mol. The average molecular weight is 594 g/mol. The first kappa shape index (κ1) is 27.3. The van der Waals surface area contributed by atoms with Crippen molar-refractivity contribution in [1.29, 1.82) is 0 Å². The van der Waals surface area contributed by atoms with Crippen LogP contribution in [-0.4, -0.2) is 61.4 Å². The molecule has 0 fully saturated rings. The van der Waals surface area contributed by atoms with E-state index in [-0.39, 0.29) is 31.4 Å². The molecule has 184 valence electrons. The number of nitrogens with one attached hydrogen (secondary N) is 2. The fraction of sp³-hybridized carbons (Fsp3) is 0.286. The maximum Gasteiger partial charge on any atom is 0.277 e. The molecule has 2 aromatic carbocycles. The molecule has 0 saturated carbocycles. The number of halogens is 4. The van der Waals surface area contributed by atoms with Crippen LogP contribution in [0.5, 0.6) is 0 Å². The Morgan fingerprint density at radius 2 is 1.94 bits per heavy atom. The minimum Gasteiger partial charge on any atom is -0.394 e. The number of aliphatic hydroxyl groups excluding tert-OH is 1. The van der Waals surface area contributed by atoms with E-state index in [2.05, 4.69) is 10.5 Å². The number of nitrogens with zero attached hydrogens (tertiary/aromatic N) is 2. The topological polar surface area (TPSA) is 112 Å². The van der Waals surface area contributed by atoms with Gasteiger partial charge in [0.2, 0.25) is 5.91 Å². The Bertz CT molecular complexity index is 1070. The van der Waals surface area contributed by atoms with Crippen molar-refractivity contribution in [3.05, 3.63) is 56.4 Å². The van der Waals surface area contributed by atoms with Crippen LogP contribution in [0.1, 0.15) is 22.8 Å². The maximum atomic E-state index is 15.0. The maximum absolute atomic E-state index is 15.0. The molecule has 0 aliphatic rings. The van der Waals surface area contributed by atoms with Crippen molar-refractivity contribution in [1.82, 2.24) is 10.4 Å². The highest BCUT2D eigenvalue weighted by Gasteiger charge is 2.23. The summed E-state index contributed by atoms with van der Waals surface area (Å²) in [6.07, 6.45) is 0.854. The lowest BCUT2D eigenvalue weighted by atomic mass is 10.1. The fourth-order valence-corrected chi connectivity index (χ4v) is 2.92. The molecule has 9 nitrogen and oxygen atoms in total. The Morgan fingerprint density at radius 1 is 1.21 bits per heavy atom. The molecule has 0 saturated heterocycles. The SMILES string of the molecule is CC(=O)N(C)CCO/N=C/c1cc(C(=O)NOCCO)c(Nc2ccc(I)cc2F)c(F)c1F. The number of benzene rings is 2. The second kappa shape index (κ2) is 13.1. The van der Waals surface area contributed by atoms with Gasteiger partial charge >= 0.3 is 0 Å². The third kappa shape index (κ3) is 7.56. The van der Waals surface area contributed by atoms with E-state index >= 15 is 0 Å². The van der Waals surface area contributed by atoms with Crippen LogP contribution in [-0.2, 0) is 14.5 Å². The molecule has 2 aromatic rings. The van der Waals surface area contributed by atoms with Gasteiger partial charge in [-0.1, -0.05) is 5.16 Å². The van der Waals surface area contributed by atoms with E-state index < -0.39 is 46.8 Å². The fourth-order valence-electron chi connectivity index (χ4n) is 2.47. The molecule has 0 heterocycles. The molecule has 2 amide bonds. The van der Waals surface area contributed by atoms with E-state index in [1.54, 1.807) is 7.05 Å². The largest absolute Gasteiger partial charge is 0.394 e. The molecule has 0 aliphatic carbocycles. The van der Waals surface area contributed by atoms with Gasteiger partial charge in [0, 0.05) is 23.1 Å². The summed E-state index contributed by atoms with van der Waals surface area (Å²) in [7, 11) is 1.55. The number of carbonyl (C=O) groups excluding carboxylic acids is 2. The zero-order valence-corrected chi connectivity index (χ0v) is 20.4. The second-order valence-corrected chi connectivity index (χ2v) is 8.02. The number of amides is 2. The number of hydrogen-bond acceptors (Lipinski definition) is 7. The van der Waals surface area contributed by atoms with Crippen LogP contribution in [0, 0.1) is 21.0 Å². The van der Waals surface area contributed by atoms with Crippen molar-refractivity contribution < 1.29 is 37.5 Å². The third-order valence-electron chi connectivity index (χ3n) is 4.35. The quantitative estimate of drug-likeness (QED) is 0.160. The van der Waals surface area contributed by atoms with Crippen LogP contribution in [0.2, 0.25) is 0 Å². The number of aliphatic hydroxyl groups is 1. The van der Waals surface area contributed by atoms with E-state index in [0.717, 1.165) is 12.3 Å². The zero-order chi connectivity index (χ0) is 25.3. The van der Waals surface area contributed by atoms with Gasteiger partial charge in [0.15, 0.2) is 11.6 Å². The van der Waals surface area contributed by atoms with Crippen LogP contribution in [0.4, 0.5) is 24.5 Å². The molecular formula is C21H22F3IN4O5. The minimum absolute atomic E-state index is 0.00918. The second-order valence-electron chi connectivity index (χ2n) is 6.78. The van der Waals surface area contributed by atoms with Crippen molar-refractivity contribution in [3.63, 3.8) is 0 Å². The van der Waals surface area contributed by atoms with E-state index in [9.17, 15) is 22.8 Å². The minimum atomic E-state index is -1.47. The summed E-state index contributed by atoms with van der Waals surface area (Å²) in [6.45, 7) is 0.927. The highest BCUT2D eigenvalue weighted by molar-refractivity contribution is 14.1. The normalized spacial score (nSPS) is 10.9. The lowest BCUT2D eigenvalue weighted by Gasteiger charge is -2.16. The van der Waals surface area contributed by atoms with Gasteiger partial charge < -0.3 is 20.2 Å². The molecule has 3 N–H and O–H groups in total. The highest BCUT2D eigenvalue weighted by atomic mass is 127.